The molecular weight excluding hydrogens is 405 g/mol. The van der Waals surface area contributed by atoms with Gasteiger partial charge in [-0.25, -0.2) is 9.98 Å². The molecular formula is C19H25F3N4O2S. The molecule has 0 aliphatic rings. The molecule has 2 N–H and O–H groups in total. The number of hydrogen-bond acceptors (Lipinski definition) is 5. The second-order valence-corrected chi connectivity index (χ2v) is 6.95. The van der Waals surface area contributed by atoms with Crippen LogP contribution in [0.1, 0.15) is 36.5 Å². The first-order valence-electron chi connectivity index (χ1n) is 9.20. The van der Waals surface area contributed by atoms with E-state index in [1.165, 1.54) is 0 Å². The SMILES string of the molecule is CCCOc1ccc(CN=C(NCC)NCc2nc(C(F)(F)F)cs2)cc1OC. The Kier molecular flexibility index (Phi) is 8.56. The molecule has 0 bridgehead atoms. The fraction of sp³-hybridized carbons (Fsp3) is 0.474. The molecule has 1 heterocycles. The van der Waals surface area contributed by atoms with E-state index in [0.717, 1.165) is 28.7 Å². The molecule has 29 heavy (non-hydrogen) atoms. The summed E-state index contributed by atoms with van der Waals surface area (Å²) >= 11 is 0.957. The lowest BCUT2D eigenvalue weighted by Crippen LogP contribution is -2.36. The summed E-state index contributed by atoms with van der Waals surface area (Å²) in [4.78, 5) is 8.08. The van der Waals surface area contributed by atoms with Crippen molar-refractivity contribution in [3.63, 3.8) is 0 Å². The molecule has 0 unspecified atom stereocenters. The van der Waals surface area contributed by atoms with E-state index in [0.29, 0.717) is 42.2 Å². The van der Waals surface area contributed by atoms with Gasteiger partial charge in [0.2, 0.25) is 0 Å². The zero-order valence-electron chi connectivity index (χ0n) is 16.6. The van der Waals surface area contributed by atoms with Gasteiger partial charge in [0.25, 0.3) is 0 Å². The molecule has 0 amide bonds. The van der Waals surface area contributed by atoms with Gasteiger partial charge in [-0.2, -0.15) is 13.2 Å². The number of methoxy groups -OCH3 is 1. The molecule has 0 fully saturated rings. The van der Waals surface area contributed by atoms with E-state index >= 15 is 0 Å². The number of ether oxygens (including phenoxy) is 2. The lowest BCUT2D eigenvalue weighted by molar-refractivity contribution is -0.140. The summed E-state index contributed by atoms with van der Waals surface area (Å²) < 4.78 is 49.0. The number of halogens is 3. The number of guanidine groups is 1. The van der Waals surface area contributed by atoms with E-state index in [4.69, 9.17) is 9.47 Å². The smallest absolute Gasteiger partial charge is 0.434 e. The van der Waals surface area contributed by atoms with Crippen LogP contribution in [0, 0.1) is 0 Å². The van der Waals surface area contributed by atoms with Crippen LogP contribution in [0.25, 0.3) is 0 Å². The fourth-order valence-corrected chi connectivity index (χ4v) is 3.08. The van der Waals surface area contributed by atoms with Crippen LogP contribution in [0.5, 0.6) is 11.5 Å². The first-order chi connectivity index (χ1) is 13.9. The molecule has 1 aromatic carbocycles. The maximum atomic E-state index is 12.7. The number of alkyl halides is 3. The largest absolute Gasteiger partial charge is 0.493 e. The lowest BCUT2D eigenvalue weighted by Gasteiger charge is -2.12. The molecule has 1 aromatic heterocycles. The van der Waals surface area contributed by atoms with E-state index in [9.17, 15) is 13.2 Å². The molecule has 0 atom stereocenters. The predicted octanol–water partition coefficient (Wildman–Crippen LogP) is 4.21. The van der Waals surface area contributed by atoms with Crippen molar-refractivity contribution in [2.75, 3.05) is 20.3 Å². The van der Waals surface area contributed by atoms with Gasteiger partial charge in [-0.3, -0.25) is 0 Å². The molecule has 0 saturated heterocycles. The van der Waals surface area contributed by atoms with Crippen molar-refractivity contribution in [2.24, 2.45) is 4.99 Å². The Morgan fingerprint density at radius 3 is 2.62 bits per heavy atom. The Balaban J connectivity index is 2.02. The van der Waals surface area contributed by atoms with E-state index in [2.05, 4.69) is 20.6 Å². The van der Waals surface area contributed by atoms with Crippen LogP contribution in [0.3, 0.4) is 0 Å². The minimum Gasteiger partial charge on any atom is -0.493 e. The first-order valence-corrected chi connectivity index (χ1v) is 10.1. The number of hydrogen-bond donors (Lipinski definition) is 2. The minimum atomic E-state index is -4.43. The van der Waals surface area contributed by atoms with Gasteiger partial charge >= 0.3 is 6.18 Å². The van der Waals surface area contributed by atoms with Crippen molar-refractivity contribution < 1.29 is 22.6 Å². The van der Waals surface area contributed by atoms with E-state index in [1.807, 2.05) is 32.0 Å². The number of nitrogens with zero attached hydrogens (tertiary/aromatic N) is 2. The fourth-order valence-electron chi connectivity index (χ4n) is 2.34. The Morgan fingerprint density at radius 2 is 2.00 bits per heavy atom. The second-order valence-electron chi connectivity index (χ2n) is 6.01. The van der Waals surface area contributed by atoms with Gasteiger partial charge in [0.15, 0.2) is 23.2 Å². The molecule has 6 nitrogen and oxygen atoms in total. The quantitative estimate of drug-likeness (QED) is 0.461. The van der Waals surface area contributed by atoms with Crippen molar-refractivity contribution in [3.8, 4) is 11.5 Å². The van der Waals surface area contributed by atoms with E-state index in [-0.39, 0.29) is 6.54 Å². The second kappa shape index (κ2) is 10.9. The summed E-state index contributed by atoms with van der Waals surface area (Å²) in [6.07, 6.45) is -3.53. The van der Waals surface area contributed by atoms with Crippen LogP contribution < -0.4 is 20.1 Å². The van der Waals surface area contributed by atoms with Crippen LogP contribution >= 0.6 is 11.3 Å². The van der Waals surface area contributed by atoms with Gasteiger partial charge in [-0.05, 0) is 31.0 Å². The highest BCUT2D eigenvalue weighted by Gasteiger charge is 2.33. The van der Waals surface area contributed by atoms with Crippen LogP contribution in [0.4, 0.5) is 13.2 Å². The molecule has 0 spiro atoms. The summed E-state index contributed by atoms with van der Waals surface area (Å²) in [6, 6.07) is 5.60. The van der Waals surface area contributed by atoms with Gasteiger partial charge in [-0.15, -0.1) is 11.3 Å². The Bertz CT molecular complexity index is 809. The third kappa shape index (κ3) is 7.12. The summed E-state index contributed by atoms with van der Waals surface area (Å²) in [5, 5.41) is 7.41. The number of thiazole rings is 1. The third-order valence-corrected chi connectivity index (χ3v) is 4.55. The van der Waals surface area contributed by atoms with Crippen LogP contribution in [0.15, 0.2) is 28.6 Å². The molecule has 160 valence electrons. The number of aromatic nitrogens is 1. The molecule has 2 aromatic rings. The van der Waals surface area contributed by atoms with Crippen molar-refractivity contribution in [1.82, 2.24) is 15.6 Å². The third-order valence-electron chi connectivity index (χ3n) is 3.70. The molecule has 0 aliphatic heterocycles. The van der Waals surface area contributed by atoms with Crippen LogP contribution in [-0.2, 0) is 19.3 Å². The number of rotatable bonds is 9. The van der Waals surface area contributed by atoms with Crippen LogP contribution in [0.2, 0.25) is 0 Å². The molecule has 0 radical (unpaired) electrons. The van der Waals surface area contributed by atoms with E-state index in [1.54, 1.807) is 7.11 Å². The van der Waals surface area contributed by atoms with Crippen LogP contribution in [-0.4, -0.2) is 31.2 Å². The van der Waals surface area contributed by atoms with Gasteiger partial charge in [-0.1, -0.05) is 13.0 Å². The summed E-state index contributed by atoms with van der Waals surface area (Å²) in [6.45, 7) is 5.68. The van der Waals surface area contributed by atoms with Crippen molar-refractivity contribution in [2.45, 2.75) is 39.5 Å². The summed E-state index contributed by atoms with van der Waals surface area (Å²) in [5.41, 5.74) is 0.0372. The minimum absolute atomic E-state index is 0.152. The number of aliphatic imine (C=N–C) groups is 1. The number of nitrogens with one attached hydrogen (secondary N) is 2. The highest BCUT2D eigenvalue weighted by molar-refractivity contribution is 7.09. The van der Waals surface area contributed by atoms with Gasteiger partial charge in [0.1, 0.15) is 5.01 Å². The Labute approximate surface area is 172 Å². The monoisotopic (exact) mass is 430 g/mol. The highest BCUT2D eigenvalue weighted by Crippen LogP contribution is 2.30. The predicted molar refractivity (Wildman–Crippen MR) is 108 cm³/mol. The summed E-state index contributed by atoms with van der Waals surface area (Å²) in [5.74, 6) is 1.80. The standard InChI is InChI=1S/C19H25F3N4O2S/c1-4-8-28-14-7-6-13(9-15(14)27-3)10-24-18(23-5-2)25-11-17-26-16(12-29-17)19(20,21)22/h6-7,9,12H,4-5,8,10-11H2,1-3H3,(H2,23,24,25). The molecule has 0 aliphatic carbocycles. The van der Waals surface area contributed by atoms with Gasteiger partial charge in [0.05, 0.1) is 26.8 Å². The summed E-state index contributed by atoms with van der Waals surface area (Å²) in [7, 11) is 1.58. The van der Waals surface area contributed by atoms with Gasteiger partial charge in [0, 0.05) is 11.9 Å². The van der Waals surface area contributed by atoms with Gasteiger partial charge < -0.3 is 20.1 Å². The molecule has 2 rings (SSSR count). The Hall–Kier alpha value is -2.49. The molecule has 10 heteroatoms. The normalized spacial score (nSPS) is 12.0. The van der Waals surface area contributed by atoms with Crippen molar-refractivity contribution in [1.29, 1.82) is 0 Å². The molecule has 0 saturated carbocycles. The maximum absolute atomic E-state index is 12.7. The van der Waals surface area contributed by atoms with Crippen molar-refractivity contribution >= 4 is 17.3 Å². The topological polar surface area (TPSA) is 67.8 Å². The number of benzene rings is 1. The average Bonchev–Trinajstić information content (AvgIpc) is 3.18. The lowest BCUT2D eigenvalue weighted by atomic mass is 10.2. The first kappa shape index (κ1) is 22.8. The Morgan fingerprint density at radius 1 is 1.21 bits per heavy atom. The van der Waals surface area contributed by atoms with E-state index < -0.39 is 11.9 Å². The zero-order valence-corrected chi connectivity index (χ0v) is 17.4. The van der Waals surface area contributed by atoms with Crippen molar-refractivity contribution in [3.05, 3.63) is 39.8 Å². The highest BCUT2D eigenvalue weighted by atomic mass is 32.1. The average molecular weight is 430 g/mol. The zero-order chi connectivity index (χ0) is 21.3. The maximum Gasteiger partial charge on any atom is 0.434 e.